The zero-order chi connectivity index (χ0) is 19.7. The van der Waals surface area contributed by atoms with Gasteiger partial charge >= 0.3 is 11.8 Å². The van der Waals surface area contributed by atoms with Gasteiger partial charge < -0.3 is 20.1 Å². The molecule has 146 valence electrons. The van der Waals surface area contributed by atoms with E-state index in [1.165, 1.54) is 6.21 Å². The lowest BCUT2D eigenvalue weighted by Crippen LogP contribution is -2.62. The fourth-order valence-electron chi connectivity index (χ4n) is 3.88. The molecule has 0 atom stereocenters. The second-order valence-corrected chi connectivity index (χ2v) is 8.28. The molecular formula is C19H26N4O4. The second kappa shape index (κ2) is 7.19. The number of nitrogens with zero attached hydrogens (tertiary/aromatic N) is 1. The van der Waals surface area contributed by atoms with Crippen LogP contribution in [0.4, 0.5) is 0 Å². The first-order valence-electron chi connectivity index (χ1n) is 8.96. The van der Waals surface area contributed by atoms with Crippen LogP contribution in [0.5, 0.6) is 11.5 Å². The molecule has 8 nitrogen and oxygen atoms in total. The molecule has 1 aromatic rings. The minimum atomic E-state index is -0.791. The maximum Gasteiger partial charge on any atom is 0.329 e. The molecule has 0 radical (unpaired) electrons. The van der Waals surface area contributed by atoms with Crippen molar-refractivity contribution >= 4 is 18.0 Å². The SMILES string of the molecule is CC1(C)CC(NC(=O)C(=O)NN=Cc2ccc3c(c2)OCO3)CC(C)(C)N1. The van der Waals surface area contributed by atoms with Gasteiger partial charge in [0.1, 0.15) is 0 Å². The number of hydrogen-bond donors (Lipinski definition) is 3. The normalized spacial score (nSPS) is 20.4. The molecule has 0 aromatic heterocycles. The Morgan fingerprint density at radius 3 is 2.48 bits per heavy atom. The summed E-state index contributed by atoms with van der Waals surface area (Å²) in [5.41, 5.74) is 2.75. The summed E-state index contributed by atoms with van der Waals surface area (Å²) in [6.07, 6.45) is 2.94. The number of carbonyl (C=O) groups is 2. The molecule has 2 aliphatic rings. The van der Waals surface area contributed by atoms with Gasteiger partial charge in [-0.05, 0) is 64.3 Å². The summed E-state index contributed by atoms with van der Waals surface area (Å²) in [4.78, 5) is 24.2. The van der Waals surface area contributed by atoms with E-state index in [0.29, 0.717) is 11.5 Å². The van der Waals surface area contributed by atoms with Gasteiger partial charge in [0, 0.05) is 17.1 Å². The first-order valence-corrected chi connectivity index (χ1v) is 8.96. The maximum atomic E-state index is 12.2. The van der Waals surface area contributed by atoms with E-state index in [2.05, 4.69) is 48.9 Å². The van der Waals surface area contributed by atoms with Crippen LogP contribution in [0.15, 0.2) is 23.3 Å². The van der Waals surface area contributed by atoms with Crippen LogP contribution >= 0.6 is 0 Å². The minimum absolute atomic E-state index is 0.0765. The monoisotopic (exact) mass is 374 g/mol. The molecule has 0 bridgehead atoms. The van der Waals surface area contributed by atoms with Crippen LogP contribution in [-0.4, -0.2) is 41.9 Å². The van der Waals surface area contributed by atoms with Gasteiger partial charge in [0.05, 0.1) is 6.21 Å². The lowest BCUT2D eigenvalue weighted by molar-refractivity contribution is -0.140. The largest absolute Gasteiger partial charge is 0.454 e. The van der Waals surface area contributed by atoms with Gasteiger partial charge in [-0.2, -0.15) is 5.10 Å². The number of ether oxygens (including phenoxy) is 2. The van der Waals surface area contributed by atoms with Crippen molar-refractivity contribution < 1.29 is 19.1 Å². The van der Waals surface area contributed by atoms with Crippen LogP contribution in [0.3, 0.4) is 0 Å². The van der Waals surface area contributed by atoms with E-state index >= 15 is 0 Å². The third-order valence-corrected chi connectivity index (χ3v) is 4.51. The van der Waals surface area contributed by atoms with Crippen molar-refractivity contribution in [2.24, 2.45) is 5.10 Å². The number of piperidine rings is 1. The highest BCUT2D eigenvalue weighted by atomic mass is 16.7. The van der Waals surface area contributed by atoms with Gasteiger partial charge in [-0.15, -0.1) is 0 Å². The van der Waals surface area contributed by atoms with Gasteiger partial charge in [-0.3, -0.25) is 9.59 Å². The molecule has 0 saturated carbocycles. The zero-order valence-electron chi connectivity index (χ0n) is 16.1. The summed E-state index contributed by atoms with van der Waals surface area (Å²) in [5, 5.41) is 10.2. The number of hydrogen-bond acceptors (Lipinski definition) is 6. The predicted octanol–water partition coefficient (Wildman–Crippen LogP) is 1.29. The van der Waals surface area contributed by atoms with Crippen LogP contribution in [0.1, 0.15) is 46.1 Å². The van der Waals surface area contributed by atoms with Crippen molar-refractivity contribution in [1.82, 2.24) is 16.1 Å². The maximum absolute atomic E-state index is 12.2. The highest BCUT2D eigenvalue weighted by Gasteiger charge is 2.38. The fraction of sp³-hybridized carbons (Fsp3) is 0.526. The molecule has 8 heteroatoms. The summed E-state index contributed by atoms with van der Waals surface area (Å²) < 4.78 is 10.5. The van der Waals surface area contributed by atoms with Crippen LogP contribution < -0.4 is 25.5 Å². The average molecular weight is 374 g/mol. The molecular weight excluding hydrogens is 348 g/mol. The summed E-state index contributed by atoms with van der Waals surface area (Å²) >= 11 is 0. The topological polar surface area (TPSA) is 101 Å². The average Bonchev–Trinajstić information content (AvgIpc) is 2.99. The molecule has 0 unspecified atom stereocenters. The van der Waals surface area contributed by atoms with Crippen LogP contribution in [0.2, 0.25) is 0 Å². The number of hydrazone groups is 1. The molecule has 3 rings (SSSR count). The molecule has 0 spiro atoms. The van der Waals surface area contributed by atoms with Gasteiger partial charge in [0.2, 0.25) is 6.79 Å². The molecule has 2 aliphatic heterocycles. The Labute approximate surface area is 158 Å². The van der Waals surface area contributed by atoms with Crippen molar-refractivity contribution in [3.63, 3.8) is 0 Å². The number of benzene rings is 1. The summed E-state index contributed by atoms with van der Waals surface area (Å²) in [7, 11) is 0. The first-order chi connectivity index (χ1) is 12.6. The van der Waals surface area contributed by atoms with Crippen molar-refractivity contribution in [2.75, 3.05) is 6.79 Å². The Bertz CT molecular complexity index is 757. The second-order valence-electron chi connectivity index (χ2n) is 8.28. The molecule has 2 heterocycles. The lowest BCUT2D eigenvalue weighted by Gasteiger charge is -2.46. The van der Waals surface area contributed by atoms with Gasteiger partial charge in [-0.1, -0.05) is 0 Å². The number of amides is 2. The quantitative estimate of drug-likeness (QED) is 0.420. The van der Waals surface area contributed by atoms with E-state index in [0.717, 1.165) is 18.4 Å². The van der Waals surface area contributed by atoms with Crippen molar-refractivity contribution in [2.45, 2.75) is 57.7 Å². The molecule has 0 aliphatic carbocycles. The molecule has 2 amide bonds. The van der Waals surface area contributed by atoms with E-state index in [9.17, 15) is 9.59 Å². The van der Waals surface area contributed by atoms with Crippen molar-refractivity contribution in [3.8, 4) is 11.5 Å². The lowest BCUT2D eigenvalue weighted by atomic mass is 9.79. The van der Waals surface area contributed by atoms with Gasteiger partial charge in [-0.25, -0.2) is 5.43 Å². The standard InChI is InChI=1S/C19H26N4O4/c1-18(2)8-13(9-19(3,4)23-18)21-16(24)17(25)22-20-10-12-5-6-14-15(7-12)27-11-26-14/h5-7,10,13,23H,8-9,11H2,1-4H3,(H,21,24)(H,22,25). The number of rotatable bonds is 3. The number of fused-ring (bicyclic) bond motifs is 1. The first kappa shape index (κ1) is 19.2. The Kier molecular flexibility index (Phi) is 5.10. The van der Waals surface area contributed by atoms with Crippen LogP contribution in [0, 0.1) is 0 Å². The molecule has 3 N–H and O–H groups in total. The Balaban J connectivity index is 1.52. The van der Waals surface area contributed by atoms with E-state index in [-0.39, 0.29) is 23.9 Å². The molecule has 1 saturated heterocycles. The predicted molar refractivity (Wildman–Crippen MR) is 101 cm³/mol. The van der Waals surface area contributed by atoms with Crippen molar-refractivity contribution in [3.05, 3.63) is 23.8 Å². The van der Waals surface area contributed by atoms with Gasteiger partial charge in [0.25, 0.3) is 0 Å². The zero-order valence-corrected chi connectivity index (χ0v) is 16.1. The summed E-state index contributed by atoms with van der Waals surface area (Å²) in [6.45, 7) is 8.54. The molecule has 1 aromatic carbocycles. The van der Waals surface area contributed by atoms with E-state index in [1.54, 1.807) is 18.2 Å². The third kappa shape index (κ3) is 4.97. The Hall–Kier alpha value is -2.61. The molecule has 27 heavy (non-hydrogen) atoms. The van der Waals surface area contributed by atoms with Crippen LogP contribution in [-0.2, 0) is 9.59 Å². The smallest absolute Gasteiger partial charge is 0.329 e. The van der Waals surface area contributed by atoms with Gasteiger partial charge in [0.15, 0.2) is 11.5 Å². The van der Waals surface area contributed by atoms with Crippen LogP contribution in [0.25, 0.3) is 0 Å². The van der Waals surface area contributed by atoms with E-state index in [1.807, 2.05) is 0 Å². The summed E-state index contributed by atoms with van der Waals surface area (Å²) in [6, 6.07) is 5.21. The Morgan fingerprint density at radius 1 is 1.11 bits per heavy atom. The Morgan fingerprint density at radius 2 is 1.78 bits per heavy atom. The molecule has 1 fully saturated rings. The number of carbonyl (C=O) groups excluding carboxylic acids is 2. The number of nitrogens with one attached hydrogen (secondary N) is 3. The third-order valence-electron chi connectivity index (χ3n) is 4.51. The van der Waals surface area contributed by atoms with E-state index < -0.39 is 11.8 Å². The fourth-order valence-corrected chi connectivity index (χ4v) is 3.88. The minimum Gasteiger partial charge on any atom is -0.454 e. The van der Waals surface area contributed by atoms with E-state index in [4.69, 9.17) is 9.47 Å². The highest BCUT2D eigenvalue weighted by Crippen LogP contribution is 2.32. The summed E-state index contributed by atoms with van der Waals surface area (Å²) in [5.74, 6) is -0.181. The van der Waals surface area contributed by atoms with Crippen molar-refractivity contribution in [1.29, 1.82) is 0 Å². The highest BCUT2D eigenvalue weighted by molar-refractivity contribution is 6.35.